The van der Waals surface area contributed by atoms with Gasteiger partial charge in [0.15, 0.2) is 5.78 Å². The molecule has 4 rings (SSSR count). The summed E-state index contributed by atoms with van der Waals surface area (Å²) in [6.07, 6.45) is 18.5. The number of hydrogen-bond acceptors (Lipinski definition) is 1. The molecule has 0 unspecified atom stereocenters. The van der Waals surface area contributed by atoms with E-state index in [2.05, 4.69) is 65.8 Å². The van der Waals surface area contributed by atoms with Crippen LogP contribution in [-0.4, -0.2) is 5.78 Å². The van der Waals surface area contributed by atoms with Crippen LogP contribution >= 0.6 is 0 Å². The molecule has 29 heavy (non-hydrogen) atoms. The first kappa shape index (κ1) is 20.9. The molecule has 0 aromatic carbocycles. The van der Waals surface area contributed by atoms with Crippen molar-refractivity contribution in [2.24, 2.45) is 40.4 Å². The van der Waals surface area contributed by atoms with E-state index < -0.39 is 0 Å². The number of carbonyl (C=O) groups is 1. The van der Waals surface area contributed by atoms with E-state index in [-0.39, 0.29) is 5.41 Å². The fraction of sp³-hybridized carbons (Fsp3) is 0.679. The van der Waals surface area contributed by atoms with Crippen molar-refractivity contribution >= 4 is 5.78 Å². The molecule has 0 aliphatic heterocycles. The minimum absolute atomic E-state index is 0.169. The molecule has 4 aliphatic carbocycles. The van der Waals surface area contributed by atoms with Crippen LogP contribution in [0.5, 0.6) is 0 Å². The zero-order chi connectivity index (χ0) is 21.0. The van der Waals surface area contributed by atoms with Gasteiger partial charge in [0.2, 0.25) is 0 Å². The number of ketones is 1. The number of fused-ring (bicyclic) bond motifs is 4. The van der Waals surface area contributed by atoms with Crippen molar-refractivity contribution in [3.63, 3.8) is 0 Å². The Bertz CT molecular complexity index is 806. The standard InChI is InChI=1S/C28H40O/c1-18(2)19(3)7-8-20(4)24-11-12-25-23-10-9-21-17-22(29)13-15-27(21,5)26(23)14-16-28(24,25)6/h7-10,17-20,24,26H,11-16H2,1-6H3/b8-7+/t19-,20-,24-,26+,27+,28-/m1/s1. The zero-order valence-electron chi connectivity index (χ0n) is 19.4. The van der Waals surface area contributed by atoms with E-state index in [4.69, 9.17) is 0 Å². The first-order valence-corrected chi connectivity index (χ1v) is 12.0. The molecule has 0 radical (unpaired) electrons. The van der Waals surface area contributed by atoms with Crippen LogP contribution in [0.25, 0.3) is 0 Å². The lowest BCUT2D eigenvalue weighted by atomic mass is 9.53. The largest absolute Gasteiger partial charge is 0.295 e. The molecular formula is C28H40O. The van der Waals surface area contributed by atoms with E-state index >= 15 is 0 Å². The summed E-state index contributed by atoms with van der Waals surface area (Å²) >= 11 is 0. The van der Waals surface area contributed by atoms with Crippen molar-refractivity contribution in [3.05, 3.63) is 47.1 Å². The molecular weight excluding hydrogens is 352 g/mol. The fourth-order valence-corrected chi connectivity index (χ4v) is 6.91. The molecule has 1 saturated carbocycles. The molecule has 0 aromatic heterocycles. The predicted octanol–water partition coefficient (Wildman–Crippen LogP) is 7.46. The van der Waals surface area contributed by atoms with Gasteiger partial charge >= 0.3 is 0 Å². The van der Waals surface area contributed by atoms with E-state index in [9.17, 15) is 4.79 Å². The summed E-state index contributed by atoms with van der Waals surface area (Å²) in [5.41, 5.74) is 5.21. The van der Waals surface area contributed by atoms with Gasteiger partial charge in [-0.05, 0) is 89.7 Å². The summed E-state index contributed by atoms with van der Waals surface area (Å²) in [5, 5.41) is 0. The summed E-state index contributed by atoms with van der Waals surface area (Å²) < 4.78 is 0. The minimum Gasteiger partial charge on any atom is -0.295 e. The van der Waals surface area contributed by atoms with Crippen molar-refractivity contribution < 1.29 is 4.79 Å². The molecule has 158 valence electrons. The number of carbonyl (C=O) groups excluding carboxylic acids is 1. The Kier molecular flexibility index (Phi) is 5.33. The molecule has 4 aliphatic rings. The second kappa shape index (κ2) is 7.40. The fourth-order valence-electron chi connectivity index (χ4n) is 6.91. The Morgan fingerprint density at radius 3 is 2.45 bits per heavy atom. The first-order chi connectivity index (χ1) is 13.7. The van der Waals surface area contributed by atoms with Crippen LogP contribution in [0.4, 0.5) is 0 Å². The van der Waals surface area contributed by atoms with E-state index in [1.54, 1.807) is 11.1 Å². The van der Waals surface area contributed by atoms with Crippen molar-refractivity contribution in [2.45, 2.75) is 80.1 Å². The van der Waals surface area contributed by atoms with Crippen molar-refractivity contribution in [1.82, 2.24) is 0 Å². The van der Waals surface area contributed by atoms with Crippen LogP contribution in [0.2, 0.25) is 0 Å². The van der Waals surface area contributed by atoms with Gasteiger partial charge in [0, 0.05) is 6.42 Å². The molecule has 1 fully saturated rings. The van der Waals surface area contributed by atoms with Crippen LogP contribution in [0.3, 0.4) is 0 Å². The average Bonchev–Trinajstić information content (AvgIpc) is 3.03. The Hall–Kier alpha value is -1.37. The third-order valence-corrected chi connectivity index (χ3v) is 9.37. The lowest BCUT2D eigenvalue weighted by molar-refractivity contribution is -0.116. The van der Waals surface area contributed by atoms with E-state index in [0.29, 0.717) is 34.9 Å². The van der Waals surface area contributed by atoms with E-state index in [1.165, 1.54) is 31.3 Å². The lowest BCUT2D eigenvalue weighted by Gasteiger charge is -2.51. The van der Waals surface area contributed by atoms with Crippen molar-refractivity contribution in [1.29, 1.82) is 0 Å². The molecule has 0 N–H and O–H groups in total. The van der Waals surface area contributed by atoms with E-state index in [0.717, 1.165) is 18.8 Å². The van der Waals surface area contributed by atoms with E-state index in [1.807, 2.05) is 6.08 Å². The Balaban J connectivity index is 1.65. The van der Waals surface area contributed by atoms with Crippen LogP contribution in [0.1, 0.15) is 80.1 Å². The highest BCUT2D eigenvalue weighted by atomic mass is 16.1. The molecule has 0 saturated heterocycles. The number of hydrogen-bond donors (Lipinski definition) is 0. The molecule has 0 spiro atoms. The quantitative estimate of drug-likeness (QED) is 0.454. The minimum atomic E-state index is 0.169. The monoisotopic (exact) mass is 392 g/mol. The van der Waals surface area contributed by atoms with Crippen molar-refractivity contribution in [3.8, 4) is 0 Å². The second-order valence-corrected chi connectivity index (χ2v) is 11.3. The maximum Gasteiger partial charge on any atom is 0.156 e. The normalized spacial score (nSPS) is 38.7. The van der Waals surface area contributed by atoms with Gasteiger partial charge in [0.25, 0.3) is 0 Å². The highest BCUT2D eigenvalue weighted by Crippen LogP contribution is 2.63. The summed E-state index contributed by atoms with van der Waals surface area (Å²) in [7, 11) is 0. The topological polar surface area (TPSA) is 17.1 Å². The SMILES string of the molecule is CC(C)[C@H](C)/C=C/[C@@H](C)[C@H]1CCC2=C3C=CC4=CC(=O)CC[C@]4(C)[C@H]3CC[C@@]21C. The van der Waals surface area contributed by atoms with Gasteiger partial charge in [0.1, 0.15) is 0 Å². The van der Waals surface area contributed by atoms with Gasteiger partial charge in [-0.1, -0.05) is 71.4 Å². The van der Waals surface area contributed by atoms with Crippen LogP contribution in [0.15, 0.2) is 47.1 Å². The van der Waals surface area contributed by atoms with Gasteiger partial charge in [-0.25, -0.2) is 0 Å². The molecule has 0 amide bonds. The first-order valence-electron chi connectivity index (χ1n) is 12.0. The molecule has 0 bridgehead atoms. The molecule has 1 nitrogen and oxygen atoms in total. The van der Waals surface area contributed by atoms with Gasteiger partial charge < -0.3 is 0 Å². The zero-order valence-corrected chi connectivity index (χ0v) is 19.4. The van der Waals surface area contributed by atoms with Crippen molar-refractivity contribution in [2.75, 3.05) is 0 Å². The molecule has 0 heterocycles. The second-order valence-electron chi connectivity index (χ2n) is 11.3. The predicted molar refractivity (Wildman–Crippen MR) is 122 cm³/mol. The Morgan fingerprint density at radius 1 is 0.966 bits per heavy atom. The number of rotatable bonds is 4. The maximum absolute atomic E-state index is 12.0. The molecule has 0 aromatic rings. The summed E-state index contributed by atoms with van der Waals surface area (Å²) in [6.45, 7) is 14.4. The van der Waals surface area contributed by atoms with Crippen LogP contribution in [0, 0.1) is 40.4 Å². The third kappa shape index (κ3) is 3.33. The summed E-state index contributed by atoms with van der Waals surface area (Å²) in [6, 6.07) is 0. The third-order valence-electron chi connectivity index (χ3n) is 9.37. The Labute approximate surface area is 178 Å². The summed E-state index contributed by atoms with van der Waals surface area (Å²) in [5.74, 6) is 3.69. The highest BCUT2D eigenvalue weighted by Gasteiger charge is 2.53. The van der Waals surface area contributed by atoms with Gasteiger partial charge in [-0.3, -0.25) is 4.79 Å². The summed E-state index contributed by atoms with van der Waals surface area (Å²) in [4.78, 5) is 12.0. The average molecular weight is 393 g/mol. The van der Waals surface area contributed by atoms with Gasteiger partial charge in [0.05, 0.1) is 0 Å². The maximum atomic E-state index is 12.0. The molecule has 1 heteroatoms. The van der Waals surface area contributed by atoms with Gasteiger partial charge in [-0.15, -0.1) is 0 Å². The van der Waals surface area contributed by atoms with Crippen LogP contribution in [-0.2, 0) is 4.79 Å². The lowest BCUT2D eigenvalue weighted by Crippen LogP contribution is -2.41. The van der Waals surface area contributed by atoms with Crippen LogP contribution < -0.4 is 0 Å². The number of allylic oxidation sites excluding steroid dienone is 8. The molecule has 6 atom stereocenters. The smallest absolute Gasteiger partial charge is 0.156 e. The highest BCUT2D eigenvalue weighted by molar-refractivity contribution is 5.92. The Morgan fingerprint density at radius 2 is 1.72 bits per heavy atom. The van der Waals surface area contributed by atoms with Gasteiger partial charge in [-0.2, -0.15) is 0 Å².